The van der Waals surface area contributed by atoms with E-state index in [1.165, 1.54) is 18.9 Å². The minimum Gasteiger partial charge on any atom is -0.495 e. The van der Waals surface area contributed by atoms with Crippen LogP contribution in [0.3, 0.4) is 0 Å². The molecule has 2 aromatic carbocycles. The minimum absolute atomic E-state index is 0.152. The maximum atomic E-state index is 12.1. The molecule has 1 aromatic heterocycles. The van der Waals surface area contributed by atoms with E-state index in [9.17, 15) is 4.79 Å². The highest BCUT2D eigenvalue weighted by Crippen LogP contribution is 2.29. The fraction of sp³-hybridized carbons (Fsp3) is 0.111. The number of ether oxygens (including phenoxy) is 1. The number of aromatic nitrogens is 1. The van der Waals surface area contributed by atoms with Crippen LogP contribution in [-0.2, 0) is 4.79 Å². The number of amides is 1. The van der Waals surface area contributed by atoms with Gasteiger partial charge in [-0.1, -0.05) is 47.1 Å². The van der Waals surface area contributed by atoms with Gasteiger partial charge in [0.25, 0.3) is 5.22 Å². The smallest absolute Gasteiger partial charge is 0.256 e. The van der Waals surface area contributed by atoms with E-state index < -0.39 is 0 Å². The Morgan fingerprint density at radius 2 is 2.12 bits per heavy atom. The van der Waals surface area contributed by atoms with Gasteiger partial charge >= 0.3 is 0 Å². The number of nitrogens with one attached hydrogen (secondary N) is 1. The van der Waals surface area contributed by atoms with Gasteiger partial charge < -0.3 is 14.5 Å². The lowest BCUT2D eigenvalue weighted by Gasteiger charge is -2.07. The standard InChI is InChI=1S/C18H14Cl2N2O3S/c1-24-15-6-5-13(8-14(15)20)22-17(23)10-26-18-21-9-16(25-18)11-3-2-4-12(19)7-11/h2-9H,10H2,1H3,(H,22,23). The summed E-state index contributed by atoms with van der Waals surface area (Å²) in [5, 5.41) is 4.21. The molecule has 0 saturated heterocycles. The molecule has 0 aliphatic rings. The van der Waals surface area contributed by atoms with Crippen LogP contribution in [0.15, 0.2) is 58.3 Å². The molecule has 134 valence electrons. The molecule has 1 amide bonds. The van der Waals surface area contributed by atoms with Crippen LogP contribution >= 0.6 is 35.0 Å². The van der Waals surface area contributed by atoms with Crippen molar-refractivity contribution in [2.24, 2.45) is 0 Å². The van der Waals surface area contributed by atoms with Gasteiger partial charge in [0.15, 0.2) is 5.76 Å². The van der Waals surface area contributed by atoms with Crippen LogP contribution in [0.2, 0.25) is 10.0 Å². The van der Waals surface area contributed by atoms with Crippen molar-refractivity contribution in [2.45, 2.75) is 5.22 Å². The van der Waals surface area contributed by atoms with Crippen molar-refractivity contribution in [3.63, 3.8) is 0 Å². The van der Waals surface area contributed by atoms with Crippen molar-refractivity contribution >= 4 is 46.6 Å². The van der Waals surface area contributed by atoms with E-state index in [2.05, 4.69) is 10.3 Å². The van der Waals surface area contributed by atoms with Crippen LogP contribution in [0.25, 0.3) is 11.3 Å². The Morgan fingerprint density at radius 3 is 2.85 bits per heavy atom. The molecule has 26 heavy (non-hydrogen) atoms. The van der Waals surface area contributed by atoms with E-state index in [-0.39, 0.29) is 11.7 Å². The van der Waals surface area contributed by atoms with Gasteiger partial charge in [0.1, 0.15) is 5.75 Å². The molecule has 0 aliphatic carbocycles. The molecule has 1 N–H and O–H groups in total. The third-order valence-electron chi connectivity index (χ3n) is 3.36. The first-order valence-corrected chi connectivity index (χ1v) is 9.27. The van der Waals surface area contributed by atoms with Crippen molar-refractivity contribution in [3.05, 3.63) is 58.7 Å². The summed E-state index contributed by atoms with van der Waals surface area (Å²) in [6.45, 7) is 0. The molecule has 0 spiro atoms. The van der Waals surface area contributed by atoms with E-state index in [1.807, 2.05) is 12.1 Å². The minimum atomic E-state index is -0.196. The lowest BCUT2D eigenvalue weighted by atomic mass is 10.2. The van der Waals surface area contributed by atoms with Gasteiger partial charge in [-0.2, -0.15) is 0 Å². The molecular weight excluding hydrogens is 395 g/mol. The number of rotatable bonds is 6. The van der Waals surface area contributed by atoms with Crippen molar-refractivity contribution in [3.8, 4) is 17.1 Å². The average molecular weight is 409 g/mol. The highest BCUT2D eigenvalue weighted by atomic mass is 35.5. The second-order valence-electron chi connectivity index (χ2n) is 5.19. The Labute approximate surface area is 164 Å². The van der Waals surface area contributed by atoms with E-state index in [0.717, 1.165) is 5.56 Å². The Morgan fingerprint density at radius 1 is 1.27 bits per heavy atom. The summed E-state index contributed by atoms with van der Waals surface area (Å²) in [5.74, 6) is 1.10. The van der Waals surface area contributed by atoms with Gasteiger partial charge in [0, 0.05) is 16.3 Å². The third kappa shape index (κ3) is 4.72. The summed E-state index contributed by atoms with van der Waals surface area (Å²) in [6.07, 6.45) is 1.61. The zero-order valence-electron chi connectivity index (χ0n) is 13.7. The number of halogens is 2. The number of anilines is 1. The molecule has 0 radical (unpaired) electrons. The van der Waals surface area contributed by atoms with Crippen LogP contribution in [0.1, 0.15) is 0 Å². The number of carbonyl (C=O) groups excluding carboxylic acids is 1. The maximum absolute atomic E-state index is 12.1. The highest BCUT2D eigenvalue weighted by molar-refractivity contribution is 7.99. The molecule has 1 heterocycles. The quantitative estimate of drug-likeness (QED) is 0.554. The number of thioether (sulfide) groups is 1. The first-order chi connectivity index (χ1) is 12.5. The lowest BCUT2D eigenvalue weighted by Crippen LogP contribution is -2.13. The van der Waals surface area contributed by atoms with Gasteiger partial charge in [-0.15, -0.1) is 0 Å². The normalized spacial score (nSPS) is 10.6. The molecule has 0 atom stereocenters. The number of methoxy groups -OCH3 is 1. The second-order valence-corrected chi connectivity index (χ2v) is 6.96. The predicted octanol–water partition coefficient (Wildman–Crippen LogP) is 5.39. The maximum Gasteiger partial charge on any atom is 0.256 e. The summed E-state index contributed by atoms with van der Waals surface area (Å²) in [4.78, 5) is 16.3. The lowest BCUT2D eigenvalue weighted by molar-refractivity contribution is -0.113. The second kappa shape index (κ2) is 8.49. The average Bonchev–Trinajstić information content (AvgIpc) is 3.09. The van der Waals surface area contributed by atoms with Crippen molar-refractivity contribution in [1.29, 1.82) is 0 Å². The summed E-state index contributed by atoms with van der Waals surface area (Å²) < 4.78 is 10.7. The van der Waals surface area contributed by atoms with E-state index >= 15 is 0 Å². The van der Waals surface area contributed by atoms with Crippen molar-refractivity contribution in [2.75, 3.05) is 18.2 Å². The topological polar surface area (TPSA) is 64.4 Å². The number of nitrogens with zero attached hydrogens (tertiary/aromatic N) is 1. The summed E-state index contributed by atoms with van der Waals surface area (Å²) >= 11 is 13.2. The molecule has 0 bridgehead atoms. The number of hydrogen-bond acceptors (Lipinski definition) is 5. The SMILES string of the molecule is COc1ccc(NC(=O)CSc2ncc(-c3cccc(Cl)c3)o2)cc1Cl. The van der Waals surface area contributed by atoms with Crippen molar-refractivity contribution in [1.82, 2.24) is 4.98 Å². The first-order valence-electron chi connectivity index (χ1n) is 7.53. The largest absolute Gasteiger partial charge is 0.495 e. The zero-order chi connectivity index (χ0) is 18.5. The van der Waals surface area contributed by atoms with E-state index in [0.29, 0.717) is 32.5 Å². The van der Waals surface area contributed by atoms with Crippen LogP contribution in [0.5, 0.6) is 5.75 Å². The van der Waals surface area contributed by atoms with Gasteiger partial charge in [0.05, 0.1) is 24.1 Å². The highest BCUT2D eigenvalue weighted by Gasteiger charge is 2.11. The zero-order valence-corrected chi connectivity index (χ0v) is 16.0. The Bertz CT molecular complexity index is 930. The van der Waals surface area contributed by atoms with Gasteiger partial charge in [-0.05, 0) is 30.3 Å². The molecular formula is C18H14Cl2N2O3S. The number of carbonyl (C=O) groups is 1. The number of oxazole rings is 1. The van der Waals surface area contributed by atoms with Crippen LogP contribution in [-0.4, -0.2) is 23.8 Å². The Balaban J connectivity index is 1.57. The molecule has 0 saturated carbocycles. The molecule has 0 fully saturated rings. The predicted molar refractivity (Wildman–Crippen MR) is 104 cm³/mol. The molecule has 5 nitrogen and oxygen atoms in total. The molecule has 3 rings (SSSR count). The summed E-state index contributed by atoms with van der Waals surface area (Å²) in [7, 11) is 1.53. The van der Waals surface area contributed by atoms with Gasteiger partial charge in [-0.25, -0.2) is 4.98 Å². The van der Waals surface area contributed by atoms with Crippen LogP contribution in [0, 0.1) is 0 Å². The molecule has 8 heteroatoms. The third-order valence-corrected chi connectivity index (χ3v) is 4.73. The summed E-state index contributed by atoms with van der Waals surface area (Å²) in [5.41, 5.74) is 1.42. The van der Waals surface area contributed by atoms with E-state index in [1.54, 1.807) is 36.5 Å². The van der Waals surface area contributed by atoms with Gasteiger partial charge in [-0.3, -0.25) is 4.79 Å². The fourth-order valence-electron chi connectivity index (χ4n) is 2.17. The van der Waals surface area contributed by atoms with E-state index in [4.69, 9.17) is 32.4 Å². The Hall–Kier alpha value is -2.15. The van der Waals surface area contributed by atoms with Crippen LogP contribution < -0.4 is 10.1 Å². The summed E-state index contributed by atoms with van der Waals surface area (Å²) in [6, 6.07) is 12.3. The monoisotopic (exact) mass is 408 g/mol. The fourth-order valence-corrected chi connectivity index (χ4v) is 3.22. The van der Waals surface area contributed by atoms with Gasteiger partial charge in [0.2, 0.25) is 5.91 Å². The first kappa shape index (κ1) is 18.6. The van der Waals surface area contributed by atoms with Crippen LogP contribution in [0.4, 0.5) is 5.69 Å². The number of benzene rings is 2. The molecule has 3 aromatic rings. The number of hydrogen-bond donors (Lipinski definition) is 1. The molecule has 0 aliphatic heterocycles. The Kier molecular flexibility index (Phi) is 6.08. The van der Waals surface area contributed by atoms with Crippen molar-refractivity contribution < 1.29 is 13.9 Å². The molecule has 0 unspecified atom stereocenters.